The second-order valence-electron chi connectivity index (χ2n) is 4.57. The lowest BCUT2D eigenvalue weighted by atomic mass is 10.1. The number of halogens is 2. The van der Waals surface area contributed by atoms with E-state index in [4.69, 9.17) is 5.14 Å². The largest absolute Gasteiger partial charge is 0.357 e. The number of nitrogens with two attached hydrogens (primary N) is 1. The maximum absolute atomic E-state index is 13.4. The molecule has 0 radical (unpaired) electrons. The molecule has 9 heteroatoms. The average Bonchev–Trinajstić information content (AvgIpc) is 2.38. The Labute approximate surface area is 147 Å². The van der Waals surface area contributed by atoms with Crippen molar-refractivity contribution in [3.05, 3.63) is 35.1 Å². The Hall–Kier alpha value is -0.940. The first kappa shape index (κ1) is 21.1. The number of aliphatic imine (C=N–C) groups is 1. The van der Waals surface area contributed by atoms with Gasteiger partial charge < -0.3 is 10.6 Å². The third-order valence-electron chi connectivity index (χ3n) is 2.68. The highest BCUT2D eigenvalue weighted by Gasteiger charge is 2.04. The number of aryl methyl sites for hydroxylation is 1. The molecule has 0 fully saturated rings. The van der Waals surface area contributed by atoms with E-state index >= 15 is 0 Å². The zero-order valence-corrected chi connectivity index (χ0v) is 15.7. The second kappa shape index (κ2) is 9.95. The first-order chi connectivity index (χ1) is 9.81. The lowest BCUT2D eigenvalue weighted by Crippen LogP contribution is -2.40. The number of nitrogens with zero attached hydrogens (tertiary/aromatic N) is 1. The maximum atomic E-state index is 13.4. The number of primary sulfonamides is 1. The van der Waals surface area contributed by atoms with Crippen LogP contribution in [0.15, 0.2) is 23.2 Å². The molecule has 0 saturated heterocycles. The van der Waals surface area contributed by atoms with E-state index in [0.717, 1.165) is 5.56 Å². The van der Waals surface area contributed by atoms with Gasteiger partial charge in [-0.1, -0.05) is 12.1 Å². The molecule has 0 spiro atoms. The topological polar surface area (TPSA) is 96.6 Å². The number of benzene rings is 1. The number of hydrogen-bond donors (Lipinski definition) is 3. The molecule has 1 aromatic carbocycles. The van der Waals surface area contributed by atoms with E-state index in [2.05, 4.69) is 15.6 Å². The summed E-state index contributed by atoms with van der Waals surface area (Å²) in [5.74, 6) is 0.00773. The van der Waals surface area contributed by atoms with E-state index < -0.39 is 10.0 Å². The van der Waals surface area contributed by atoms with Crippen molar-refractivity contribution in [1.82, 2.24) is 10.6 Å². The summed E-state index contributed by atoms with van der Waals surface area (Å²) in [6.07, 6.45) is 0. The van der Waals surface area contributed by atoms with Crippen LogP contribution in [0, 0.1) is 12.7 Å². The molecule has 22 heavy (non-hydrogen) atoms. The number of hydrogen-bond acceptors (Lipinski definition) is 3. The lowest BCUT2D eigenvalue weighted by Gasteiger charge is -2.10. The predicted molar refractivity (Wildman–Crippen MR) is 97.3 cm³/mol. The molecule has 0 atom stereocenters. The first-order valence-electron chi connectivity index (χ1n) is 6.59. The van der Waals surface area contributed by atoms with Crippen LogP contribution >= 0.6 is 24.0 Å². The quantitative estimate of drug-likeness (QED) is 0.348. The SMILES string of the molecule is CCNC(=NCc1ccc(C)c(F)c1)NCCS(N)(=O)=O.I. The van der Waals surface area contributed by atoms with Gasteiger partial charge >= 0.3 is 0 Å². The molecule has 0 saturated carbocycles. The van der Waals surface area contributed by atoms with Gasteiger partial charge in [0, 0.05) is 13.1 Å². The van der Waals surface area contributed by atoms with Gasteiger partial charge in [-0.15, -0.1) is 24.0 Å². The Morgan fingerprint density at radius 2 is 2.05 bits per heavy atom. The summed E-state index contributed by atoms with van der Waals surface area (Å²) < 4.78 is 35.1. The van der Waals surface area contributed by atoms with Crippen LogP contribution in [0.3, 0.4) is 0 Å². The molecule has 0 aromatic heterocycles. The molecule has 0 unspecified atom stereocenters. The van der Waals surface area contributed by atoms with Gasteiger partial charge in [0.25, 0.3) is 0 Å². The second-order valence-corrected chi connectivity index (χ2v) is 6.31. The van der Waals surface area contributed by atoms with Crippen LogP contribution in [0.25, 0.3) is 0 Å². The fourth-order valence-electron chi connectivity index (χ4n) is 1.56. The molecule has 1 rings (SSSR count). The Kier molecular flexibility index (Phi) is 9.53. The van der Waals surface area contributed by atoms with E-state index in [1.54, 1.807) is 19.1 Å². The van der Waals surface area contributed by atoms with Gasteiger partial charge in [-0.3, -0.25) is 0 Å². The molecule has 0 aliphatic carbocycles. The Balaban J connectivity index is 0.00000441. The monoisotopic (exact) mass is 444 g/mol. The molecule has 0 aliphatic rings. The van der Waals surface area contributed by atoms with Crippen LogP contribution in [0.5, 0.6) is 0 Å². The molecule has 0 bridgehead atoms. The Bertz CT molecular complexity index is 608. The fourth-order valence-corrected chi connectivity index (χ4v) is 1.95. The minimum absolute atomic E-state index is 0. The molecule has 0 heterocycles. The van der Waals surface area contributed by atoms with Crippen molar-refractivity contribution in [2.75, 3.05) is 18.8 Å². The fraction of sp³-hybridized carbons (Fsp3) is 0.462. The lowest BCUT2D eigenvalue weighted by molar-refractivity contribution is 0.596. The van der Waals surface area contributed by atoms with Crippen molar-refractivity contribution in [3.8, 4) is 0 Å². The highest BCUT2D eigenvalue weighted by Crippen LogP contribution is 2.09. The zero-order chi connectivity index (χ0) is 15.9. The van der Waals surface area contributed by atoms with Crippen LogP contribution in [0.2, 0.25) is 0 Å². The van der Waals surface area contributed by atoms with Crippen molar-refractivity contribution in [2.45, 2.75) is 20.4 Å². The summed E-state index contributed by atoms with van der Waals surface area (Å²) in [6, 6.07) is 4.93. The number of sulfonamides is 1. The third kappa shape index (κ3) is 8.49. The minimum Gasteiger partial charge on any atom is -0.357 e. The first-order valence-corrected chi connectivity index (χ1v) is 8.31. The standard InChI is InChI=1S/C13H21FN4O2S.HI/c1-3-16-13(17-6-7-21(15,19)20)18-9-11-5-4-10(2)12(14)8-11;/h4-5,8H,3,6-7,9H2,1-2H3,(H2,15,19,20)(H2,16,17,18);1H. The Morgan fingerprint density at radius 3 is 2.59 bits per heavy atom. The van der Waals surface area contributed by atoms with E-state index in [-0.39, 0.29) is 42.1 Å². The summed E-state index contributed by atoms with van der Waals surface area (Å²) in [4.78, 5) is 4.27. The molecular formula is C13H22FIN4O2S. The van der Waals surface area contributed by atoms with Crippen LogP contribution < -0.4 is 15.8 Å². The molecule has 4 N–H and O–H groups in total. The normalized spacial score (nSPS) is 11.7. The number of rotatable bonds is 6. The van der Waals surface area contributed by atoms with Crippen LogP contribution in [-0.2, 0) is 16.6 Å². The minimum atomic E-state index is -3.51. The van der Waals surface area contributed by atoms with Crippen molar-refractivity contribution in [1.29, 1.82) is 0 Å². The molecule has 126 valence electrons. The van der Waals surface area contributed by atoms with Crippen LogP contribution in [0.4, 0.5) is 4.39 Å². The van der Waals surface area contributed by atoms with Crippen molar-refractivity contribution in [3.63, 3.8) is 0 Å². The number of nitrogens with one attached hydrogen (secondary N) is 2. The van der Waals surface area contributed by atoms with Gasteiger partial charge in [-0.25, -0.2) is 22.9 Å². The summed E-state index contributed by atoms with van der Waals surface area (Å²) in [5.41, 5.74) is 1.32. The van der Waals surface area contributed by atoms with Crippen molar-refractivity contribution in [2.24, 2.45) is 10.1 Å². The van der Waals surface area contributed by atoms with Gasteiger partial charge in [-0.05, 0) is 31.0 Å². The smallest absolute Gasteiger partial charge is 0.210 e. The van der Waals surface area contributed by atoms with E-state index in [0.29, 0.717) is 24.6 Å². The molecule has 0 aliphatic heterocycles. The van der Waals surface area contributed by atoms with E-state index in [1.165, 1.54) is 6.07 Å². The summed E-state index contributed by atoms with van der Waals surface area (Å²) >= 11 is 0. The molecule has 6 nitrogen and oxygen atoms in total. The van der Waals surface area contributed by atoms with Gasteiger partial charge in [0.05, 0.1) is 12.3 Å². The summed E-state index contributed by atoms with van der Waals surface area (Å²) in [6.45, 7) is 4.67. The zero-order valence-electron chi connectivity index (χ0n) is 12.6. The van der Waals surface area contributed by atoms with Crippen molar-refractivity contribution >= 4 is 40.0 Å². The molecule has 1 aromatic rings. The average molecular weight is 444 g/mol. The van der Waals surface area contributed by atoms with Gasteiger partial charge in [0.15, 0.2) is 5.96 Å². The molecular weight excluding hydrogens is 422 g/mol. The highest BCUT2D eigenvalue weighted by atomic mass is 127. The van der Waals surface area contributed by atoms with Crippen molar-refractivity contribution < 1.29 is 12.8 Å². The van der Waals surface area contributed by atoms with Gasteiger partial charge in [0.1, 0.15) is 5.82 Å². The Morgan fingerprint density at radius 1 is 1.36 bits per heavy atom. The van der Waals surface area contributed by atoms with Gasteiger partial charge in [0.2, 0.25) is 10.0 Å². The maximum Gasteiger partial charge on any atom is 0.210 e. The highest BCUT2D eigenvalue weighted by molar-refractivity contribution is 14.0. The van der Waals surface area contributed by atoms with E-state index in [1.807, 2.05) is 6.92 Å². The number of guanidine groups is 1. The van der Waals surface area contributed by atoms with Crippen LogP contribution in [-0.4, -0.2) is 33.2 Å². The third-order valence-corrected chi connectivity index (χ3v) is 3.45. The summed E-state index contributed by atoms with van der Waals surface area (Å²) in [5, 5.41) is 10.8. The van der Waals surface area contributed by atoms with Crippen LogP contribution in [0.1, 0.15) is 18.1 Å². The van der Waals surface area contributed by atoms with E-state index in [9.17, 15) is 12.8 Å². The van der Waals surface area contributed by atoms with Gasteiger partial charge in [-0.2, -0.15) is 0 Å². The predicted octanol–water partition coefficient (Wildman–Crippen LogP) is 1.10. The summed E-state index contributed by atoms with van der Waals surface area (Å²) in [7, 11) is -3.51. The molecule has 0 amide bonds.